The van der Waals surface area contributed by atoms with Crippen LogP contribution in [0.2, 0.25) is 16.6 Å². The van der Waals surface area contributed by atoms with Crippen LogP contribution < -0.4 is 9.08 Å². The predicted molar refractivity (Wildman–Crippen MR) is 187 cm³/mol. The van der Waals surface area contributed by atoms with Crippen LogP contribution in [0, 0.1) is 23.1 Å². The molecule has 0 unspecified atom stereocenters. The molecule has 0 aliphatic carbocycles. The minimum absolute atomic E-state index is 0.0256. The fraction of sp³-hybridized carbons (Fsp3) is 0.441. The SMILES string of the molecule is CSc1ncc2c(N3CC[C@@H]3C)nc(-c3cc(OS(=O)(=O)C(F)(F)F)cc4ccc(F)c(C#C[Si](C(C)C)(C(C)C)C(C)C)c34)c(F)c2n1. The van der Waals surface area contributed by atoms with Gasteiger partial charge in [-0.15, -0.1) is 5.54 Å². The second-order valence-electron chi connectivity index (χ2n) is 13.2. The Balaban J connectivity index is 1.93. The van der Waals surface area contributed by atoms with Gasteiger partial charge in [0.15, 0.2) is 11.0 Å². The summed E-state index contributed by atoms with van der Waals surface area (Å²) < 4.78 is 102. The zero-order valence-corrected chi connectivity index (χ0v) is 31.0. The highest BCUT2D eigenvalue weighted by Crippen LogP contribution is 2.44. The van der Waals surface area contributed by atoms with Crippen molar-refractivity contribution < 1.29 is 34.6 Å². The van der Waals surface area contributed by atoms with E-state index in [0.29, 0.717) is 17.7 Å². The lowest BCUT2D eigenvalue weighted by Gasteiger charge is -2.40. The number of nitrogens with zero attached hydrogens (tertiary/aromatic N) is 4. The van der Waals surface area contributed by atoms with Gasteiger partial charge in [0, 0.05) is 29.7 Å². The molecule has 0 amide bonds. The Morgan fingerprint density at radius 1 is 1.04 bits per heavy atom. The third kappa shape index (κ3) is 6.47. The van der Waals surface area contributed by atoms with Crippen molar-refractivity contribution in [2.24, 2.45) is 0 Å². The molecule has 2 aromatic carbocycles. The number of hydrogen-bond donors (Lipinski definition) is 0. The van der Waals surface area contributed by atoms with Gasteiger partial charge >= 0.3 is 15.6 Å². The molecule has 1 aliphatic rings. The van der Waals surface area contributed by atoms with E-state index in [0.717, 1.165) is 24.6 Å². The third-order valence-corrected chi connectivity index (χ3v) is 17.3. The van der Waals surface area contributed by atoms with Crippen LogP contribution in [0.3, 0.4) is 0 Å². The molecular formula is C34H37F5N4O3S2Si. The third-order valence-electron chi connectivity index (χ3n) is 9.47. The summed E-state index contributed by atoms with van der Waals surface area (Å²) >= 11 is 1.18. The van der Waals surface area contributed by atoms with Gasteiger partial charge in [-0.3, -0.25) is 0 Å². The fourth-order valence-corrected chi connectivity index (χ4v) is 12.9. The van der Waals surface area contributed by atoms with Crippen LogP contribution >= 0.6 is 11.8 Å². The van der Waals surface area contributed by atoms with Gasteiger partial charge in [0.05, 0.1) is 10.9 Å². The summed E-state index contributed by atoms with van der Waals surface area (Å²) in [7, 11) is -8.55. The Hall–Kier alpha value is -3.48. The largest absolute Gasteiger partial charge is 0.534 e. The molecule has 0 bridgehead atoms. The van der Waals surface area contributed by atoms with E-state index in [9.17, 15) is 21.6 Å². The minimum atomic E-state index is -6.11. The molecule has 49 heavy (non-hydrogen) atoms. The van der Waals surface area contributed by atoms with E-state index in [1.165, 1.54) is 24.0 Å². The molecule has 1 fully saturated rings. The quantitative estimate of drug-likeness (QED) is 0.0337. The zero-order valence-electron chi connectivity index (χ0n) is 28.3. The molecule has 1 saturated heterocycles. The molecule has 4 aromatic rings. The average Bonchev–Trinajstić information content (AvgIpc) is 3.01. The van der Waals surface area contributed by atoms with Crippen LogP contribution in [0.5, 0.6) is 5.75 Å². The predicted octanol–water partition coefficient (Wildman–Crippen LogP) is 9.24. The summed E-state index contributed by atoms with van der Waals surface area (Å²) in [5, 5.41) is 0.708. The number of alkyl halides is 3. The number of benzene rings is 2. The lowest BCUT2D eigenvalue weighted by atomic mass is 9.95. The fourth-order valence-electron chi connectivity index (χ4n) is 6.90. The molecule has 0 radical (unpaired) electrons. The number of pyridine rings is 1. The Morgan fingerprint density at radius 2 is 1.69 bits per heavy atom. The van der Waals surface area contributed by atoms with E-state index in [2.05, 4.69) is 72.1 Å². The van der Waals surface area contributed by atoms with Crippen molar-refractivity contribution in [2.75, 3.05) is 17.7 Å². The number of fused-ring (bicyclic) bond motifs is 2. The topological polar surface area (TPSA) is 85.3 Å². The monoisotopic (exact) mass is 736 g/mol. The van der Waals surface area contributed by atoms with E-state index in [1.807, 2.05) is 11.8 Å². The first-order valence-corrected chi connectivity index (χ1v) is 20.7. The van der Waals surface area contributed by atoms with Gasteiger partial charge in [-0.2, -0.15) is 21.6 Å². The molecule has 0 N–H and O–H groups in total. The van der Waals surface area contributed by atoms with E-state index in [-0.39, 0.29) is 60.9 Å². The van der Waals surface area contributed by atoms with Crippen LogP contribution in [0.1, 0.15) is 60.5 Å². The average molecular weight is 737 g/mol. The Bertz CT molecular complexity index is 2090. The van der Waals surface area contributed by atoms with Crippen LogP contribution in [0.4, 0.5) is 27.8 Å². The molecule has 1 aliphatic heterocycles. The zero-order chi connectivity index (χ0) is 36.2. The highest BCUT2D eigenvalue weighted by Gasteiger charge is 2.49. The molecule has 0 spiro atoms. The normalized spacial score (nSPS) is 15.7. The second kappa shape index (κ2) is 13.3. The van der Waals surface area contributed by atoms with E-state index in [4.69, 9.17) is 0 Å². The van der Waals surface area contributed by atoms with Crippen LogP contribution in [0.25, 0.3) is 32.9 Å². The van der Waals surface area contributed by atoms with Gasteiger partial charge in [0.25, 0.3) is 0 Å². The maximum atomic E-state index is 16.8. The molecule has 5 rings (SSSR count). The Morgan fingerprint density at radius 3 is 2.22 bits per heavy atom. The number of anilines is 1. The first kappa shape index (κ1) is 36.8. The molecule has 1 atom stereocenters. The van der Waals surface area contributed by atoms with Crippen molar-refractivity contribution in [2.45, 2.75) is 88.2 Å². The highest BCUT2D eigenvalue weighted by molar-refractivity contribution is 7.98. The van der Waals surface area contributed by atoms with Gasteiger partial charge in [-0.05, 0) is 59.8 Å². The van der Waals surface area contributed by atoms with Gasteiger partial charge in [0.2, 0.25) is 0 Å². The van der Waals surface area contributed by atoms with E-state index >= 15 is 8.78 Å². The van der Waals surface area contributed by atoms with Crippen LogP contribution in [-0.4, -0.2) is 55.8 Å². The first-order valence-electron chi connectivity index (χ1n) is 15.8. The molecule has 15 heteroatoms. The molecule has 0 saturated carbocycles. The highest BCUT2D eigenvalue weighted by atomic mass is 32.2. The van der Waals surface area contributed by atoms with Gasteiger partial charge < -0.3 is 9.08 Å². The van der Waals surface area contributed by atoms with Crippen molar-refractivity contribution in [1.29, 1.82) is 0 Å². The van der Waals surface area contributed by atoms with Crippen LogP contribution in [0.15, 0.2) is 35.6 Å². The van der Waals surface area contributed by atoms with Gasteiger partial charge in [0.1, 0.15) is 36.7 Å². The number of hydrogen-bond acceptors (Lipinski definition) is 8. The molecule has 2 aromatic heterocycles. The summed E-state index contributed by atoms with van der Waals surface area (Å²) in [4.78, 5) is 15.3. The Labute approximate surface area is 288 Å². The smallest absolute Gasteiger partial charge is 0.376 e. The minimum Gasteiger partial charge on any atom is -0.376 e. The second-order valence-corrected chi connectivity index (χ2v) is 21.1. The molecule has 262 valence electrons. The van der Waals surface area contributed by atoms with Crippen molar-refractivity contribution in [3.8, 4) is 28.5 Å². The summed E-state index contributed by atoms with van der Waals surface area (Å²) in [6, 6.07) is 4.35. The van der Waals surface area contributed by atoms with Crippen molar-refractivity contribution in [3.05, 3.63) is 47.7 Å². The Kier molecular flexibility index (Phi) is 10.0. The lowest BCUT2D eigenvalue weighted by Crippen LogP contribution is -2.46. The number of rotatable bonds is 8. The summed E-state index contributed by atoms with van der Waals surface area (Å²) in [5.74, 6) is 0.987. The van der Waals surface area contributed by atoms with Crippen LogP contribution in [-0.2, 0) is 10.1 Å². The molecular weight excluding hydrogens is 700 g/mol. The van der Waals surface area contributed by atoms with Crippen molar-refractivity contribution in [1.82, 2.24) is 15.0 Å². The van der Waals surface area contributed by atoms with Gasteiger partial charge in [-0.1, -0.05) is 65.3 Å². The maximum absolute atomic E-state index is 16.8. The first-order chi connectivity index (χ1) is 22.8. The lowest BCUT2D eigenvalue weighted by molar-refractivity contribution is -0.0500. The number of halogens is 5. The molecule has 3 heterocycles. The van der Waals surface area contributed by atoms with Crippen molar-refractivity contribution >= 4 is 57.4 Å². The summed E-state index contributed by atoms with van der Waals surface area (Å²) in [6.45, 7) is 15.1. The van der Waals surface area contributed by atoms with E-state index in [1.54, 1.807) is 6.26 Å². The molecule has 7 nitrogen and oxygen atoms in total. The van der Waals surface area contributed by atoms with E-state index < -0.39 is 41.1 Å². The standard InChI is InChI=1S/C34H37F5N4O3S2Si/c1-18(2)49(19(3)4,20(5)6)14-12-24-27(35)10-9-22-15-23(46-48(44,45)34(37,38)39)16-25(28(22)24)30-29(36)31-26(17-40-33(42-31)47-8)32(41-30)43-13-11-21(43)7/h9-10,15-21H,11,13H2,1-8H3/t21-/m0/s1. The van der Waals surface area contributed by atoms with Crippen molar-refractivity contribution in [3.63, 3.8) is 0 Å². The summed E-state index contributed by atoms with van der Waals surface area (Å²) in [6.07, 6.45) is 4.02. The van der Waals surface area contributed by atoms with Gasteiger partial charge in [-0.25, -0.2) is 23.7 Å². The number of aromatic nitrogens is 3. The summed E-state index contributed by atoms with van der Waals surface area (Å²) in [5.41, 5.74) is -2.47. The number of thioether (sulfide) groups is 1. The maximum Gasteiger partial charge on any atom is 0.534 e.